The molecule has 0 aliphatic carbocycles. The Hall–Kier alpha value is -3.26. The fraction of sp³-hybridized carbons (Fsp3) is 0.750. The minimum Gasteiger partial charge on any atom is -0.461 e. The number of imidazole rings is 1. The molecule has 262 valence electrons. The van der Waals surface area contributed by atoms with Crippen LogP contribution in [0.25, 0.3) is 11.2 Å². The maximum Gasteiger partial charge on any atom is 0.312 e. The maximum atomic E-state index is 14.1. The van der Waals surface area contributed by atoms with Crippen LogP contribution in [0, 0.1) is 18.4 Å². The number of aromatic nitrogens is 4. The van der Waals surface area contributed by atoms with Crippen molar-refractivity contribution in [2.24, 2.45) is 0 Å². The molecule has 3 atom stereocenters. The Kier molecular flexibility index (Phi) is 17.0. The van der Waals surface area contributed by atoms with Crippen LogP contribution in [-0.2, 0) is 23.8 Å². The van der Waals surface area contributed by atoms with Crippen LogP contribution >= 0.6 is 0 Å². The van der Waals surface area contributed by atoms with Gasteiger partial charge in [-0.25, -0.2) is 4.98 Å². The normalized spacial score (nSPS) is 19.2. The van der Waals surface area contributed by atoms with E-state index in [9.17, 15) is 14.0 Å². The number of halogens is 1. The minimum atomic E-state index is -1.54. The molecule has 0 saturated carbocycles. The van der Waals surface area contributed by atoms with Crippen molar-refractivity contribution < 1.29 is 28.2 Å². The number of hydrogen-bond acceptors (Lipinski definition) is 9. The fourth-order valence-corrected chi connectivity index (χ4v) is 6.11. The number of rotatable bonds is 24. The molecule has 3 unspecified atom stereocenters. The first-order chi connectivity index (χ1) is 22.8. The summed E-state index contributed by atoms with van der Waals surface area (Å²) in [6.45, 7) is 4.14. The zero-order valence-electron chi connectivity index (χ0n) is 28.7. The topological polar surface area (TPSA) is 131 Å². The number of hydrogen-bond donors (Lipinski definition) is 1. The van der Waals surface area contributed by atoms with E-state index in [-0.39, 0.29) is 48.8 Å². The van der Waals surface area contributed by atoms with Gasteiger partial charge in [-0.3, -0.25) is 14.2 Å². The summed E-state index contributed by atoms with van der Waals surface area (Å²) in [5, 5.41) is 0. The van der Waals surface area contributed by atoms with Gasteiger partial charge in [-0.15, -0.1) is 6.42 Å². The second-order valence-corrected chi connectivity index (χ2v) is 12.8. The first kappa shape index (κ1) is 38.2. The molecule has 1 aliphatic heterocycles. The Labute approximate surface area is 280 Å². The highest BCUT2D eigenvalue weighted by Gasteiger charge is 2.52. The first-order valence-corrected chi connectivity index (χ1v) is 18.0. The lowest BCUT2D eigenvalue weighted by atomic mass is 9.98. The standard InChI is InChI=1S/C36H56FN5O5/c1-4-7-9-11-13-15-17-19-21-23-30(43)45-26-36(6-3)28(46-31(44)24-22-20-18-16-14-12-10-8-5-2)25-29(47-36)42-27-39-32-33(38)40-35(37)41-34(32)42/h3,27-29H,4-5,7-26H2,1-2H3,(H2,38,40,41). The molecule has 0 spiro atoms. The van der Waals surface area contributed by atoms with Crippen LogP contribution in [-0.4, -0.2) is 49.8 Å². The van der Waals surface area contributed by atoms with E-state index in [1.165, 1.54) is 81.5 Å². The highest BCUT2D eigenvalue weighted by Crippen LogP contribution is 2.40. The average molecular weight is 658 g/mol. The molecule has 47 heavy (non-hydrogen) atoms. The van der Waals surface area contributed by atoms with E-state index >= 15 is 0 Å². The maximum absolute atomic E-state index is 14.1. The summed E-state index contributed by atoms with van der Waals surface area (Å²) in [4.78, 5) is 37.3. The van der Waals surface area contributed by atoms with Crippen LogP contribution in [0.15, 0.2) is 6.33 Å². The summed E-state index contributed by atoms with van der Waals surface area (Å²) >= 11 is 0. The summed E-state index contributed by atoms with van der Waals surface area (Å²) in [5.74, 6) is 1.73. The van der Waals surface area contributed by atoms with E-state index in [1.807, 2.05) is 0 Å². The Morgan fingerprint density at radius 2 is 1.45 bits per heavy atom. The van der Waals surface area contributed by atoms with Crippen LogP contribution in [0.2, 0.25) is 0 Å². The minimum absolute atomic E-state index is 0.109. The van der Waals surface area contributed by atoms with Crippen molar-refractivity contribution in [2.45, 2.75) is 167 Å². The van der Waals surface area contributed by atoms with Gasteiger partial charge in [0.2, 0.25) is 5.60 Å². The van der Waals surface area contributed by atoms with Crippen molar-refractivity contribution in [2.75, 3.05) is 12.3 Å². The second-order valence-electron chi connectivity index (χ2n) is 12.8. The van der Waals surface area contributed by atoms with E-state index in [0.717, 1.165) is 38.5 Å². The molecule has 1 saturated heterocycles. The summed E-state index contributed by atoms with van der Waals surface area (Å²) in [7, 11) is 0. The number of carbonyl (C=O) groups excluding carboxylic acids is 2. The van der Waals surface area contributed by atoms with Crippen LogP contribution in [0.1, 0.15) is 155 Å². The quantitative estimate of drug-likeness (QED) is 0.0514. The fourth-order valence-electron chi connectivity index (χ4n) is 6.11. The van der Waals surface area contributed by atoms with Gasteiger partial charge in [-0.05, 0) is 12.8 Å². The molecule has 2 N–H and O–H groups in total. The van der Waals surface area contributed by atoms with Gasteiger partial charge in [0.05, 0.1) is 6.33 Å². The predicted octanol–water partition coefficient (Wildman–Crippen LogP) is 8.14. The van der Waals surface area contributed by atoms with Gasteiger partial charge in [-0.2, -0.15) is 14.4 Å². The first-order valence-electron chi connectivity index (χ1n) is 18.0. The van der Waals surface area contributed by atoms with Gasteiger partial charge in [0.25, 0.3) is 0 Å². The van der Waals surface area contributed by atoms with E-state index in [0.29, 0.717) is 6.42 Å². The highest BCUT2D eigenvalue weighted by molar-refractivity contribution is 5.81. The number of unbranched alkanes of at least 4 members (excludes halogenated alkanes) is 16. The monoisotopic (exact) mass is 657 g/mol. The number of fused-ring (bicyclic) bond motifs is 1. The van der Waals surface area contributed by atoms with E-state index < -0.39 is 30.0 Å². The zero-order valence-corrected chi connectivity index (χ0v) is 28.7. The number of ether oxygens (including phenoxy) is 3. The summed E-state index contributed by atoms with van der Waals surface area (Å²) < 4.78 is 33.4. The molecule has 1 aliphatic rings. The molecule has 0 amide bonds. The second kappa shape index (κ2) is 20.9. The molecular weight excluding hydrogens is 601 g/mol. The molecule has 3 rings (SSSR count). The molecule has 0 bridgehead atoms. The van der Waals surface area contributed by atoms with Crippen LogP contribution in [0.5, 0.6) is 0 Å². The van der Waals surface area contributed by atoms with Crippen LogP contribution < -0.4 is 5.73 Å². The Morgan fingerprint density at radius 3 is 2.00 bits per heavy atom. The third-order valence-corrected chi connectivity index (χ3v) is 8.95. The highest BCUT2D eigenvalue weighted by atomic mass is 19.1. The van der Waals surface area contributed by atoms with Crippen molar-refractivity contribution in [3.05, 3.63) is 12.4 Å². The van der Waals surface area contributed by atoms with Gasteiger partial charge in [0.15, 0.2) is 17.0 Å². The van der Waals surface area contributed by atoms with E-state index in [1.54, 1.807) is 0 Å². The number of nitrogen functional groups attached to an aromatic ring is 1. The summed E-state index contributed by atoms with van der Waals surface area (Å²) in [6, 6.07) is 0. The molecule has 3 heterocycles. The third-order valence-electron chi connectivity index (χ3n) is 8.95. The molecule has 11 heteroatoms. The van der Waals surface area contributed by atoms with E-state index in [2.05, 4.69) is 34.7 Å². The molecule has 10 nitrogen and oxygen atoms in total. The Balaban J connectivity index is 1.57. The predicted molar refractivity (Wildman–Crippen MR) is 181 cm³/mol. The SMILES string of the molecule is C#CC1(COC(=O)CCCCCCCCCCC)OC(n2cnc3c(N)nc(F)nc32)CC1OC(=O)CCCCCCCCCCC. The average Bonchev–Trinajstić information content (AvgIpc) is 3.64. The number of terminal acetylenes is 1. The molecule has 0 radical (unpaired) electrons. The number of nitrogens with zero attached hydrogens (tertiary/aromatic N) is 4. The van der Waals surface area contributed by atoms with Crippen molar-refractivity contribution in [1.29, 1.82) is 0 Å². The van der Waals surface area contributed by atoms with Gasteiger partial charge in [0, 0.05) is 19.3 Å². The van der Waals surface area contributed by atoms with Crippen LogP contribution in [0.4, 0.5) is 10.2 Å². The molecule has 1 fully saturated rings. The molecule has 2 aromatic rings. The lowest BCUT2D eigenvalue weighted by molar-refractivity contribution is -0.166. The third kappa shape index (κ3) is 12.4. The number of carbonyl (C=O) groups is 2. The summed E-state index contributed by atoms with van der Waals surface area (Å²) in [6.07, 6.45) is 25.7. The summed E-state index contributed by atoms with van der Waals surface area (Å²) in [5.41, 5.74) is 4.64. The molecule has 0 aromatic carbocycles. The lowest BCUT2D eigenvalue weighted by Gasteiger charge is -2.28. The number of esters is 2. The number of nitrogens with two attached hydrogens (primary N) is 1. The molecule has 2 aromatic heterocycles. The zero-order chi connectivity index (χ0) is 33.9. The van der Waals surface area contributed by atoms with Crippen molar-refractivity contribution in [1.82, 2.24) is 19.5 Å². The Morgan fingerprint density at radius 1 is 0.915 bits per heavy atom. The van der Waals surface area contributed by atoms with Crippen LogP contribution in [0.3, 0.4) is 0 Å². The number of anilines is 1. The smallest absolute Gasteiger partial charge is 0.312 e. The lowest BCUT2D eigenvalue weighted by Crippen LogP contribution is -2.45. The van der Waals surface area contributed by atoms with Gasteiger partial charge < -0.3 is 19.9 Å². The van der Waals surface area contributed by atoms with Crippen molar-refractivity contribution >= 4 is 28.9 Å². The van der Waals surface area contributed by atoms with E-state index in [4.69, 9.17) is 26.4 Å². The largest absolute Gasteiger partial charge is 0.461 e. The van der Waals surface area contributed by atoms with Gasteiger partial charge in [-0.1, -0.05) is 123 Å². The van der Waals surface area contributed by atoms with Gasteiger partial charge in [0.1, 0.15) is 18.9 Å². The van der Waals surface area contributed by atoms with Crippen molar-refractivity contribution in [3.8, 4) is 12.3 Å². The Bertz CT molecular complexity index is 1280. The van der Waals surface area contributed by atoms with Crippen molar-refractivity contribution in [3.63, 3.8) is 0 Å². The molecular formula is C36H56FN5O5. The van der Waals surface area contributed by atoms with Gasteiger partial charge >= 0.3 is 18.0 Å².